The standard InChI is InChI=1S/C20H28N4OS/c1-4-24-18(16-11-7-5-8-12-16)21-22-20(24)26-15(2)19(25)23(3)17-13-9-6-10-14-17/h5,7-8,11-12,15,17H,4,6,9-10,13-14H2,1-3H3. The lowest BCUT2D eigenvalue weighted by atomic mass is 9.94. The van der Waals surface area contributed by atoms with Crippen molar-refractivity contribution in [3.05, 3.63) is 30.3 Å². The smallest absolute Gasteiger partial charge is 0.235 e. The number of hydrogen-bond donors (Lipinski definition) is 0. The van der Waals surface area contributed by atoms with E-state index in [1.165, 1.54) is 31.0 Å². The average molecular weight is 373 g/mol. The lowest BCUT2D eigenvalue weighted by Gasteiger charge is -2.32. The maximum absolute atomic E-state index is 12.9. The summed E-state index contributed by atoms with van der Waals surface area (Å²) in [5.74, 6) is 1.05. The molecular formula is C20H28N4OS. The molecule has 26 heavy (non-hydrogen) atoms. The molecule has 0 aliphatic heterocycles. The number of thioether (sulfide) groups is 1. The largest absolute Gasteiger partial charge is 0.342 e. The van der Waals surface area contributed by atoms with E-state index in [0.717, 1.165) is 35.9 Å². The molecule has 0 N–H and O–H groups in total. The summed E-state index contributed by atoms with van der Waals surface area (Å²) in [7, 11) is 1.95. The van der Waals surface area contributed by atoms with Crippen LogP contribution in [0.5, 0.6) is 0 Å². The van der Waals surface area contributed by atoms with Gasteiger partial charge in [0.05, 0.1) is 5.25 Å². The summed E-state index contributed by atoms with van der Waals surface area (Å²) in [6.45, 7) is 4.84. The van der Waals surface area contributed by atoms with Crippen molar-refractivity contribution >= 4 is 17.7 Å². The number of amides is 1. The number of carbonyl (C=O) groups excluding carboxylic acids is 1. The van der Waals surface area contributed by atoms with Gasteiger partial charge in [-0.05, 0) is 26.7 Å². The third kappa shape index (κ3) is 4.11. The van der Waals surface area contributed by atoms with Crippen LogP contribution in [0.2, 0.25) is 0 Å². The van der Waals surface area contributed by atoms with E-state index in [0.29, 0.717) is 6.04 Å². The maximum Gasteiger partial charge on any atom is 0.235 e. The van der Waals surface area contributed by atoms with Crippen LogP contribution in [0, 0.1) is 0 Å². The van der Waals surface area contributed by atoms with Crippen molar-refractivity contribution in [1.82, 2.24) is 19.7 Å². The fourth-order valence-corrected chi connectivity index (χ4v) is 4.62. The second-order valence-corrected chi connectivity index (χ2v) is 8.23. The minimum atomic E-state index is -0.167. The molecule has 0 spiro atoms. The summed E-state index contributed by atoms with van der Waals surface area (Å²) in [5, 5.41) is 9.38. The van der Waals surface area contributed by atoms with Gasteiger partial charge < -0.3 is 9.47 Å². The van der Waals surface area contributed by atoms with Gasteiger partial charge in [0.25, 0.3) is 0 Å². The van der Waals surface area contributed by atoms with E-state index >= 15 is 0 Å². The Balaban J connectivity index is 1.72. The molecule has 1 aromatic heterocycles. The Hall–Kier alpha value is -1.82. The Kier molecular flexibility index (Phi) is 6.35. The zero-order chi connectivity index (χ0) is 18.5. The molecule has 1 aliphatic rings. The van der Waals surface area contributed by atoms with E-state index in [9.17, 15) is 4.79 Å². The SMILES string of the molecule is CCn1c(SC(C)C(=O)N(C)C2CCCCC2)nnc1-c1ccccc1. The van der Waals surface area contributed by atoms with E-state index in [-0.39, 0.29) is 11.2 Å². The monoisotopic (exact) mass is 372 g/mol. The molecule has 0 saturated heterocycles. The second kappa shape index (κ2) is 8.71. The van der Waals surface area contributed by atoms with Crippen molar-refractivity contribution in [2.45, 2.75) is 68.9 Å². The summed E-state index contributed by atoms with van der Waals surface area (Å²) < 4.78 is 2.09. The van der Waals surface area contributed by atoms with Gasteiger partial charge in [0, 0.05) is 25.2 Å². The van der Waals surface area contributed by atoms with Crippen molar-refractivity contribution in [1.29, 1.82) is 0 Å². The molecular weight excluding hydrogens is 344 g/mol. The van der Waals surface area contributed by atoms with Crippen molar-refractivity contribution in [2.75, 3.05) is 7.05 Å². The van der Waals surface area contributed by atoms with Crippen LogP contribution in [0.25, 0.3) is 11.4 Å². The number of hydrogen-bond acceptors (Lipinski definition) is 4. The highest BCUT2D eigenvalue weighted by Gasteiger charge is 2.27. The van der Waals surface area contributed by atoms with Crippen molar-refractivity contribution in [3.8, 4) is 11.4 Å². The minimum absolute atomic E-state index is 0.167. The average Bonchev–Trinajstić information content (AvgIpc) is 3.10. The number of benzene rings is 1. The molecule has 5 nitrogen and oxygen atoms in total. The third-order valence-corrected chi connectivity index (χ3v) is 6.23. The first-order chi connectivity index (χ1) is 12.6. The highest BCUT2D eigenvalue weighted by atomic mass is 32.2. The van der Waals surface area contributed by atoms with Gasteiger partial charge in [0.2, 0.25) is 5.91 Å². The Morgan fingerprint density at radius 1 is 1.23 bits per heavy atom. The van der Waals surface area contributed by atoms with Crippen LogP contribution in [-0.4, -0.2) is 43.9 Å². The molecule has 6 heteroatoms. The molecule has 1 fully saturated rings. The van der Waals surface area contributed by atoms with Gasteiger partial charge in [-0.15, -0.1) is 10.2 Å². The van der Waals surface area contributed by atoms with E-state index in [1.807, 2.05) is 49.2 Å². The van der Waals surface area contributed by atoms with E-state index in [2.05, 4.69) is 21.7 Å². The fourth-order valence-electron chi connectivity index (χ4n) is 3.61. The van der Waals surface area contributed by atoms with E-state index in [1.54, 1.807) is 0 Å². The van der Waals surface area contributed by atoms with Crippen LogP contribution in [0.3, 0.4) is 0 Å². The molecule has 3 rings (SSSR count). The lowest BCUT2D eigenvalue weighted by molar-refractivity contribution is -0.131. The fraction of sp³-hybridized carbons (Fsp3) is 0.550. The molecule has 1 saturated carbocycles. The Bertz CT molecular complexity index is 725. The first-order valence-corrected chi connectivity index (χ1v) is 10.4. The molecule has 1 unspecified atom stereocenters. The van der Waals surface area contributed by atoms with E-state index < -0.39 is 0 Å². The third-order valence-electron chi connectivity index (χ3n) is 5.17. The summed E-state index contributed by atoms with van der Waals surface area (Å²) in [4.78, 5) is 14.8. The molecule has 1 aromatic carbocycles. The second-order valence-electron chi connectivity index (χ2n) is 6.92. The molecule has 1 amide bonds. The molecule has 1 atom stereocenters. The number of rotatable bonds is 6. The van der Waals surface area contributed by atoms with Gasteiger partial charge >= 0.3 is 0 Å². The van der Waals surface area contributed by atoms with Crippen LogP contribution in [0.4, 0.5) is 0 Å². The normalized spacial score (nSPS) is 16.4. The molecule has 1 aliphatic carbocycles. The highest BCUT2D eigenvalue weighted by molar-refractivity contribution is 8.00. The van der Waals surface area contributed by atoms with Crippen molar-refractivity contribution in [3.63, 3.8) is 0 Å². The summed E-state index contributed by atoms with van der Waals surface area (Å²) >= 11 is 1.51. The highest BCUT2D eigenvalue weighted by Crippen LogP contribution is 2.29. The molecule has 1 heterocycles. The predicted octanol–water partition coefficient (Wildman–Crippen LogP) is 4.24. The number of aromatic nitrogens is 3. The summed E-state index contributed by atoms with van der Waals surface area (Å²) in [5.41, 5.74) is 1.05. The first kappa shape index (κ1) is 19.0. The van der Waals surface area contributed by atoms with Crippen molar-refractivity contribution < 1.29 is 4.79 Å². The van der Waals surface area contributed by atoms with Gasteiger partial charge in [-0.2, -0.15) is 0 Å². The summed E-state index contributed by atoms with van der Waals surface area (Å²) in [6, 6.07) is 10.5. The van der Waals surface area contributed by atoms with Gasteiger partial charge in [-0.3, -0.25) is 4.79 Å². The number of nitrogens with zero attached hydrogens (tertiary/aromatic N) is 4. The van der Waals surface area contributed by atoms with Gasteiger partial charge in [-0.1, -0.05) is 61.4 Å². The van der Waals surface area contributed by atoms with E-state index in [4.69, 9.17) is 0 Å². The first-order valence-electron chi connectivity index (χ1n) is 9.53. The quantitative estimate of drug-likeness (QED) is 0.712. The lowest BCUT2D eigenvalue weighted by Crippen LogP contribution is -2.42. The molecule has 140 valence electrons. The Labute approximate surface area is 160 Å². The van der Waals surface area contributed by atoms with Crippen LogP contribution in [-0.2, 0) is 11.3 Å². The predicted molar refractivity (Wildman–Crippen MR) is 106 cm³/mol. The maximum atomic E-state index is 12.9. The van der Waals surface area contributed by atoms with Gasteiger partial charge in [-0.25, -0.2) is 0 Å². The molecule has 0 bridgehead atoms. The van der Waals surface area contributed by atoms with Crippen LogP contribution in [0.15, 0.2) is 35.5 Å². The Morgan fingerprint density at radius 3 is 2.58 bits per heavy atom. The van der Waals surface area contributed by atoms with Crippen LogP contribution < -0.4 is 0 Å². The molecule has 2 aromatic rings. The minimum Gasteiger partial charge on any atom is -0.342 e. The zero-order valence-corrected chi connectivity index (χ0v) is 16.7. The van der Waals surface area contributed by atoms with Gasteiger partial charge in [0.15, 0.2) is 11.0 Å². The van der Waals surface area contributed by atoms with Crippen LogP contribution >= 0.6 is 11.8 Å². The van der Waals surface area contributed by atoms with Crippen molar-refractivity contribution in [2.24, 2.45) is 0 Å². The number of carbonyl (C=O) groups is 1. The molecule has 0 radical (unpaired) electrons. The zero-order valence-electron chi connectivity index (χ0n) is 15.9. The summed E-state index contributed by atoms with van der Waals surface area (Å²) in [6.07, 6.45) is 6.01. The van der Waals surface area contributed by atoms with Crippen LogP contribution in [0.1, 0.15) is 46.0 Å². The van der Waals surface area contributed by atoms with Gasteiger partial charge in [0.1, 0.15) is 0 Å². The Morgan fingerprint density at radius 2 is 1.92 bits per heavy atom. The topological polar surface area (TPSA) is 51.0 Å².